The van der Waals surface area contributed by atoms with E-state index in [0.29, 0.717) is 6.54 Å². The van der Waals surface area contributed by atoms with Crippen LogP contribution in [-0.4, -0.2) is 36.0 Å². The highest BCUT2D eigenvalue weighted by Crippen LogP contribution is 2.27. The number of fused-ring (bicyclic) bond motifs is 1. The number of carbonyl (C=O) groups excluding carboxylic acids is 1. The lowest BCUT2D eigenvalue weighted by Crippen LogP contribution is -2.53. The first-order valence-corrected chi connectivity index (χ1v) is 8.40. The molecule has 1 aliphatic carbocycles. The number of carbonyl (C=O) groups is 1. The van der Waals surface area contributed by atoms with Gasteiger partial charge in [-0.2, -0.15) is 0 Å². The maximum absolute atomic E-state index is 12.1. The molecule has 3 N–H and O–H groups in total. The summed E-state index contributed by atoms with van der Waals surface area (Å²) in [4.78, 5) is 16.0. The van der Waals surface area contributed by atoms with Gasteiger partial charge in [0.2, 0.25) is 5.91 Å². The maximum Gasteiger partial charge on any atom is 0.240 e. The monoisotopic (exact) mass is 293 g/mol. The standard InChI is InChI=1S/C15H23N3OS/c16-15(5-1-2-6-15)14(19)17-7-9-18-8-3-13-12(11-18)4-10-20-13/h4,10H,1-3,5-9,11,16H2,(H,17,19). The second-order valence-corrected chi connectivity index (χ2v) is 7.01. The highest BCUT2D eigenvalue weighted by molar-refractivity contribution is 7.10. The van der Waals surface area contributed by atoms with Crippen molar-refractivity contribution >= 4 is 17.2 Å². The minimum Gasteiger partial charge on any atom is -0.353 e. The van der Waals surface area contributed by atoms with Crippen LogP contribution in [0.15, 0.2) is 11.4 Å². The fourth-order valence-corrected chi connectivity index (χ4v) is 4.12. The number of rotatable bonds is 4. The normalized spacial score (nSPS) is 21.6. The van der Waals surface area contributed by atoms with Crippen LogP contribution in [0.25, 0.3) is 0 Å². The van der Waals surface area contributed by atoms with Crippen molar-refractivity contribution in [2.75, 3.05) is 19.6 Å². The molecule has 3 rings (SSSR count). The lowest BCUT2D eigenvalue weighted by atomic mass is 9.98. The Kier molecular flexibility index (Phi) is 4.10. The number of nitrogens with two attached hydrogens (primary N) is 1. The quantitative estimate of drug-likeness (QED) is 0.884. The van der Waals surface area contributed by atoms with Gasteiger partial charge in [-0.1, -0.05) is 12.8 Å². The van der Waals surface area contributed by atoms with E-state index in [2.05, 4.69) is 21.7 Å². The number of amides is 1. The summed E-state index contributed by atoms with van der Waals surface area (Å²) in [5, 5.41) is 5.20. The molecular formula is C15H23N3OS. The predicted octanol–water partition coefficient (Wildman–Crippen LogP) is 1.49. The molecule has 1 saturated carbocycles. The Labute approximate surface area is 124 Å². The Balaban J connectivity index is 1.43. The third kappa shape index (κ3) is 2.90. The van der Waals surface area contributed by atoms with Crippen LogP contribution in [0.3, 0.4) is 0 Å². The van der Waals surface area contributed by atoms with E-state index in [-0.39, 0.29) is 5.91 Å². The third-order valence-electron chi connectivity index (χ3n) is 4.55. The van der Waals surface area contributed by atoms with Gasteiger partial charge in [0.25, 0.3) is 0 Å². The van der Waals surface area contributed by atoms with Gasteiger partial charge in [0.15, 0.2) is 0 Å². The summed E-state index contributed by atoms with van der Waals surface area (Å²) < 4.78 is 0. The smallest absolute Gasteiger partial charge is 0.240 e. The zero-order valence-electron chi connectivity index (χ0n) is 11.9. The van der Waals surface area contributed by atoms with Gasteiger partial charge in [-0.3, -0.25) is 9.69 Å². The molecule has 1 aromatic rings. The molecule has 0 aromatic carbocycles. The van der Waals surface area contributed by atoms with E-state index < -0.39 is 5.54 Å². The molecule has 1 fully saturated rings. The van der Waals surface area contributed by atoms with E-state index in [9.17, 15) is 4.79 Å². The number of hydrogen-bond donors (Lipinski definition) is 2. The minimum atomic E-state index is -0.595. The Morgan fingerprint density at radius 3 is 3.05 bits per heavy atom. The van der Waals surface area contributed by atoms with E-state index in [1.807, 2.05) is 11.3 Å². The molecule has 20 heavy (non-hydrogen) atoms. The first kappa shape index (κ1) is 14.0. The molecule has 4 nitrogen and oxygen atoms in total. The zero-order chi connectivity index (χ0) is 14.0. The molecular weight excluding hydrogens is 270 g/mol. The van der Waals surface area contributed by atoms with Crippen molar-refractivity contribution in [2.24, 2.45) is 5.73 Å². The van der Waals surface area contributed by atoms with Gasteiger partial charge in [-0.15, -0.1) is 11.3 Å². The Morgan fingerprint density at radius 2 is 2.25 bits per heavy atom. The van der Waals surface area contributed by atoms with Crippen molar-refractivity contribution in [3.8, 4) is 0 Å². The average Bonchev–Trinajstić information content (AvgIpc) is 3.07. The number of nitrogens with zero attached hydrogens (tertiary/aromatic N) is 1. The Morgan fingerprint density at radius 1 is 1.45 bits per heavy atom. The predicted molar refractivity (Wildman–Crippen MR) is 81.7 cm³/mol. The molecule has 110 valence electrons. The average molecular weight is 293 g/mol. The summed E-state index contributed by atoms with van der Waals surface area (Å²) in [6.45, 7) is 3.73. The van der Waals surface area contributed by atoms with Gasteiger partial charge in [-0.05, 0) is 36.3 Å². The van der Waals surface area contributed by atoms with Crippen molar-refractivity contribution in [3.05, 3.63) is 21.9 Å². The highest BCUT2D eigenvalue weighted by Gasteiger charge is 2.36. The molecule has 0 saturated heterocycles. The van der Waals surface area contributed by atoms with Gasteiger partial charge < -0.3 is 11.1 Å². The molecule has 0 radical (unpaired) electrons. The second-order valence-electron chi connectivity index (χ2n) is 6.01. The minimum absolute atomic E-state index is 0.0447. The van der Waals surface area contributed by atoms with Crippen LogP contribution in [0.4, 0.5) is 0 Å². The van der Waals surface area contributed by atoms with Crippen LogP contribution in [0.2, 0.25) is 0 Å². The molecule has 0 atom stereocenters. The van der Waals surface area contributed by atoms with E-state index in [4.69, 9.17) is 5.73 Å². The number of hydrogen-bond acceptors (Lipinski definition) is 4. The van der Waals surface area contributed by atoms with Crippen LogP contribution < -0.4 is 11.1 Å². The maximum atomic E-state index is 12.1. The molecule has 2 aliphatic rings. The molecule has 0 bridgehead atoms. The van der Waals surface area contributed by atoms with E-state index >= 15 is 0 Å². The van der Waals surface area contributed by atoms with Gasteiger partial charge in [0.1, 0.15) is 0 Å². The van der Waals surface area contributed by atoms with Gasteiger partial charge in [0.05, 0.1) is 5.54 Å². The first-order valence-electron chi connectivity index (χ1n) is 7.52. The summed E-state index contributed by atoms with van der Waals surface area (Å²) in [5.41, 5.74) is 7.01. The van der Waals surface area contributed by atoms with Crippen molar-refractivity contribution in [2.45, 2.75) is 44.2 Å². The van der Waals surface area contributed by atoms with E-state index in [1.54, 1.807) is 0 Å². The van der Waals surface area contributed by atoms with Crippen LogP contribution in [0.1, 0.15) is 36.1 Å². The molecule has 1 amide bonds. The summed E-state index contributed by atoms with van der Waals surface area (Å²) in [7, 11) is 0. The first-order chi connectivity index (χ1) is 9.67. The number of nitrogens with one attached hydrogen (secondary N) is 1. The van der Waals surface area contributed by atoms with Crippen LogP contribution >= 0.6 is 11.3 Å². The van der Waals surface area contributed by atoms with Gasteiger partial charge in [0, 0.05) is 31.1 Å². The molecule has 0 spiro atoms. The second kappa shape index (κ2) is 5.84. The van der Waals surface area contributed by atoms with Crippen LogP contribution in [0.5, 0.6) is 0 Å². The Hall–Kier alpha value is -0.910. The Bertz CT molecular complexity index is 479. The van der Waals surface area contributed by atoms with E-state index in [1.165, 1.54) is 10.4 Å². The van der Waals surface area contributed by atoms with Crippen molar-refractivity contribution in [3.63, 3.8) is 0 Å². The van der Waals surface area contributed by atoms with Crippen molar-refractivity contribution in [1.29, 1.82) is 0 Å². The molecule has 0 unspecified atom stereocenters. The highest BCUT2D eigenvalue weighted by atomic mass is 32.1. The molecule has 1 aromatic heterocycles. The zero-order valence-corrected chi connectivity index (χ0v) is 12.7. The molecule has 1 aliphatic heterocycles. The fraction of sp³-hybridized carbons (Fsp3) is 0.667. The summed E-state index contributed by atoms with van der Waals surface area (Å²) >= 11 is 1.86. The van der Waals surface area contributed by atoms with Crippen LogP contribution in [0, 0.1) is 0 Å². The van der Waals surface area contributed by atoms with Crippen molar-refractivity contribution < 1.29 is 4.79 Å². The van der Waals surface area contributed by atoms with Crippen LogP contribution in [-0.2, 0) is 17.8 Å². The van der Waals surface area contributed by atoms with Gasteiger partial charge >= 0.3 is 0 Å². The lowest BCUT2D eigenvalue weighted by Gasteiger charge is -2.28. The molecule has 2 heterocycles. The fourth-order valence-electron chi connectivity index (χ4n) is 3.23. The summed E-state index contributed by atoms with van der Waals surface area (Å²) in [5.74, 6) is 0.0447. The molecule has 5 heteroatoms. The lowest BCUT2D eigenvalue weighted by molar-refractivity contribution is -0.126. The summed E-state index contributed by atoms with van der Waals surface area (Å²) in [6, 6.07) is 2.22. The largest absolute Gasteiger partial charge is 0.353 e. The van der Waals surface area contributed by atoms with E-state index in [0.717, 1.165) is 51.7 Å². The summed E-state index contributed by atoms with van der Waals surface area (Å²) in [6.07, 6.45) is 4.97. The van der Waals surface area contributed by atoms with Crippen molar-refractivity contribution in [1.82, 2.24) is 10.2 Å². The third-order valence-corrected chi connectivity index (χ3v) is 5.57. The topological polar surface area (TPSA) is 58.4 Å². The number of thiophene rings is 1. The SMILES string of the molecule is NC1(C(=O)NCCN2CCc3sccc3C2)CCCC1. The van der Waals surface area contributed by atoms with Gasteiger partial charge in [-0.25, -0.2) is 0 Å².